The number of allylic oxidation sites excluding steroid dienone is 3. The van der Waals surface area contributed by atoms with Crippen molar-refractivity contribution in [2.75, 3.05) is 58.7 Å². The van der Waals surface area contributed by atoms with E-state index in [4.69, 9.17) is 45.8 Å². The van der Waals surface area contributed by atoms with Crippen LogP contribution in [0.25, 0.3) is 0 Å². The van der Waals surface area contributed by atoms with Gasteiger partial charge < -0.3 is 70.3 Å². The molecule has 2 aromatic carbocycles. The summed E-state index contributed by atoms with van der Waals surface area (Å²) in [7, 11) is 7.00. The summed E-state index contributed by atoms with van der Waals surface area (Å²) >= 11 is 6.84. The molecule has 0 spiro atoms. The second-order valence-corrected chi connectivity index (χ2v) is 22.9. The van der Waals surface area contributed by atoms with Crippen LogP contribution in [0.2, 0.25) is 5.02 Å². The largest absolute Gasteiger partial charge is 0.496 e. The van der Waals surface area contributed by atoms with Crippen LogP contribution in [0.3, 0.4) is 0 Å². The van der Waals surface area contributed by atoms with Gasteiger partial charge in [-0.2, -0.15) is 0 Å². The van der Waals surface area contributed by atoms with Crippen LogP contribution in [0.1, 0.15) is 108 Å². The van der Waals surface area contributed by atoms with Gasteiger partial charge in [-0.05, 0) is 88.6 Å². The summed E-state index contributed by atoms with van der Waals surface area (Å²) in [5, 5.41) is 25.1. The highest BCUT2D eigenvalue weighted by Gasteiger charge is 2.62. The maximum absolute atomic E-state index is 14.5. The van der Waals surface area contributed by atoms with Crippen LogP contribution >= 0.6 is 11.6 Å². The molecule has 87 heavy (non-hydrogen) atoms. The van der Waals surface area contributed by atoms with Crippen LogP contribution < -0.4 is 46.7 Å². The van der Waals surface area contributed by atoms with Crippen molar-refractivity contribution in [2.24, 2.45) is 11.7 Å². The number of carbonyl (C=O) groups excluding carboxylic acids is 10. The Morgan fingerprint density at radius 3 is 2.30 bits per heavy atom. The zero-order valence-corrected chi connectivity index (χ0v) is 51.4. The molecule has 0 aromatic heterocycles. The van der Waals surface area contributed by atoms with Gasteiger partial charge in [-0.25, -0.2) is 14.4 Å². The molecular weight excluding hydrogens is 1150 g/mol. The molecule has 2 saturated heterocycles. The smallest absolute Gasteiger partial charge is 0.409 e. The molecule has 4 bridgehead atoms. The number of carbonyl (C=O) groups is 10. The minimum absolute atomic E-state index is 0.0127. The van der Waals surface area contributed by atoms with Crippen LogP contribution in [0.5, 0.6) is 11.5 Å². The average molecular weight is 1230 g/mol. The summed E-state index contributed by atoms with van der Waals surface area (Å²) in [6, 6.07) is 3.25. The number of benzene rings is 2. The van der Waals surface area contributed by atoms with Crippen LogP contribution in [0.15, 0.2) is 66.3 Å². The number of nitrogens with zero attached hydrogens (tertiary/aromatic N) is 3. The zero-order chi connectivity index (χ0) is 64.1. The van der Waals surface area contributed by atoms with Crippen LogP contribution in [-0.4, -0.2) is 177 Å². The van der Waals surface area contributed by atoms with E-state index >= 15 is 0 Å². The number of imide groups is 1. The first-order valence-corrected chi connectivity index (χ1v) is 29.0. The number of alkyl carbamates (subject to hydrolysis) is 1. The molecule has 9 atom stereocenters. The molecule has 474 valence electrons. The average Bonchev–Trinajstić information content (AvgIpc) is 2.05. The van der Waals surface area contributed by atoms with Gasteiger partial charge in [-0.15, -0.1) is 0 Å². The van der Waals surface area contributed by atoms with Crippen molar-refractivity contribution in [3.8, 4) is 11.5 Å². The van der Waals surface area contributed by atoms with E-state index in [1.54, 1.807) is 45.1 Å². The summed E-state index contributed by atoms with van der Waals surface area (Å²) in [4.78, 5) is 136. The highest BCUT2D eigenvalue weighted by molar-refractivity contribution is 6.35. The maximum atomic E-state index is 14.5. The van der Waals surface area contributed by atoms with Crippen LogP contribution in [0, 0.1) is 5.92 Å². The van der Waals surface area contributed by atoms with Crippen LogP contribution in [0.4, 0.5) is 21.0 Å². The lowest BCUT2D eigenvalue weighted by Gasteiger charge is -2.40. The first kappa shape index (κ1) is 68.0. The number of halogens is 1. The van der Waals surface area contributed by atoms with E-state index in [0.29, 0.717) is 37.1 Å². The number of esters is 1. The standard InChI is InChI=1S/C60H80ClN9O17/c1-33(2)52(66-47(71)19-12-11-13-25-70-48(72)22-23-49(70)73)54(76)65-40(17-15-24-63-57(62)79)53(75)64-37-20-21-39(42(29-37)82-8)55(77)68(6)35(4)56(78)86-45-31-50(74)69(7)41-27-36(28-43(83-9)51(41)61)26-34(3)16-14-18-44(84-10)60(81)32-38(85-58(80)67-60)30-46-59(45,5)87-46/h14,16,18,20-23,27-29,33,35,38,40,44-46,52,81H,11-13,15,17,19,24-26,30-32H2,1-10H3,(H,64,75)(H,65,76)(H,66,71)(H,67,80)(H3,62,63,79)/b18-14+,34-16+/t35-,38+,40-,44+,45-,46-,52-,59-,60-/m0/s1. The molecule has 4 heterocycles. The SMILES string of the molecule is COc1cc(NC(=O)[C@H](CCCNC(N)=O)NC(=O)[C@@H](NC(=O)CCCCCN2C(=O)C=CC2=O)C(C)C)ccc1C(=O)N(C)[C@@H](C)C(=O)O[C@H]1CC(=O)N(C)c2cc(cc(OC)c2Cl)C/C(C)=C/C=C/[C@@H](OC)[C@@]2(O)C[C@@H](C[C@@H]3O[C@@]13C)OC(=O)N2. The summed E-state index contributed by atoms with van der Waals surface area (Å²) < 4.78 is 34.9. The van der Waals surface area contributed by atoms with Crippen molar-refractivity contribution < 1.29 is 81.5 Å². The molecule has 0 radical (unpaired) electrons. The van der Waals surface area contributed by atoms with Crippen molar-refractivity contribution in [1.82, 2.24) is 31.1 Å². The quantitative estimate of drug-likeness (QED) is 0.0356. The van der Waals surface area contributed by atoms with Gasteiger partial charge in [0.25, 0.3) is 17.7 Å². The first-order valence-electron chi connectivity index (χ1n) is 28.6. The molecule has 26 nitrogen and oxygen atoms in total. The Hall–Kier alpha value is -8.07. The van der Waals surface area contributed by atoms with Crippen molar-refractivity contribution in [3.05, 3.63) is 82.4 Å². The molecule has 4 aliphatic rings. The first-order chi connectivity index (χ1) is 41.1. The second-order valence-electron chi connectivity index (χ2n) is 22.5. The Kier molecular flexibility index (Phi) is 23.5. The summed E-state index contributed by atoms with van der Waals surface area (Å²) in [6.07, 6.45) is 4.12. The molecule has 2 aromatic rings. The number of aliphatic hydroxyl groups is 1. The third-order valence-electron chi connectivity index (χ3n) is 15.7. The molecule has 0 unspecified atom stereocenters. The minimum Gasteiger partial charge on any atom is -0.496 e. The zero-order valence-electron chi connectivity index (χ0n) is 50.7. The number of methoxy groups -OCH3 is 3. The number of epoxide rings is 1. The van der Waals surface area contributed by atoms with Gasteiger partial charge in [-0.3, -0.25) is 43.8 Å². The number of urea groups is 1. The molecule has 27 heteroatoms. The maximum Gasteiger partial charge on any atom is 0.409 e. The molecular formula is C60H80ClN9O17. The molecule has 6 rings (SSSR count). The van der Waals surface area contributed by atoms with E-state index in [2.05, 4.69) is 26.6 Å². The van der Waals surface area contributed by atoms with E-state index in [9.17, 15) is 53.1 Å². The normalized spacial score (nSPS) is 24.0. The Morgan fingerprint density at radius 1 is 0.943 bits per heavy atom. The number of primary amides is 1. The number of fused-ring (bicyclic) bond motifs is 5. The number of nitrogens with two attached hydrogens (primary N) is 1. The van der Waals surface area contributed by atoms with Gasteiger partial charge in [0.1, 0.15) is 58.6 Å². The van der Waals surface area contributed by atoms with E-state index in [-0.39, 0.29) is 79.0 Å². The summed E-state index contributed by atoms with van der Waals surface area (Å²) in [5.74, 6) is -4.87. The number of anilines is 2. The molecule has 2 fully saturated rings. The third kappa shape index (κ3) is 17.6. The van der Waals surface area contributed by atoms with E-state index in [0.717, 1.165) is 20.9 Å². The number of hydrogen-bond donors (Lipinski definition) is 7. The molecule has 4 aliphatic heterocycles. The van der Waals surface area contributed by atoms with Gasteiger partial charge in [0, 0.05) is 77.5 Å². The number of hydrogen-bond acceptors (Lipinski definition) is 17. The Morgan fingerprint density at radius 2 is 1.64 bits per heavy atom. The predicted molar refractivity (Wildman–Crippen MR) is 317 cm³/mol. The van der Waals surface area contributed by atoms with Crippen molar-refractivity contribution in [2.45, 2.75) is 153 Å². The Bertz CT molecular complexity index is 3030. The highest BCUT2D eigenvalue weighted by Crippen LogP contribution is 2.47. The van der Waals surface area contributed by atoms with Gasteiger partial charge >= 0.3 is 18.1 Å². The monoisotopic (exact) mass is 1230 g/mol. The Balaban J connectivity index is 1.16. The van der Waals surface area contributed by atoms with E-state index in [1.165, 1.54) is 77.6 Å². The summed E-state index contributed by atoms with van der Waals surface area (Å²) in [6.45, 7) is 8.66. The molecule has 10 amide bonds. The summed E-state index contributed by atoms with van der Waals surface area (Å²) in [5.41, 5.74) is 4.00. The number of nitrogens with one attached hydrogen (secondary N) is 5. The number of unbranched alkanes of at least 4 members (excludes halogenated alkanes) is 2. The minimum atomic E-state index is -1.91. The molecule has 0 saturated carbocycles. The second kappa shape index (κ2) is 30.0. The topological polar surface area (TPSA) is 345 Å². The van der Waals surface area contributed by atoms with E-state index in [1.807, 2.05) is 13.0 Å². The van der Waals surface area contributed by atoms with Gasteiger partial charge in [-0.1, -0.05) is 55.7 Å². The predicted octanol–water partition coefficient (Wildman–Crippen LogP) is 4.09. The fourth-order valence-corrected chi connectivity index (χ4v) is 10.7. The van der Waals surface area contributed by atoms with Crippen molar-refractivity contribution in [3.63, 3.8) is 0 Å². The fraction of sp³-hybridized carbons (Fsp3) is 0.533. The van der Waals surface area contributed by atoms with Gasteiger partial charge in [0.15, 0.2) is 5.72 Å². The lowest BCUT2D eigenvalue weighted by atomic mass is 9.90. The number of rotatable bonds is 23. The van der Waals surface area contributed by atoms with E-state index < -0.39 is 114 Å². The number of amides is 10. The molecule has 0 aliphatic carbocycles. The van der Waals surface area contributed by atoms with Crippen LogP contribution in [-0.2, 0) is 58.9 Å². The lowest BCUT2D eigenvalue weighted by molar-refractivity contribution is -0.158. The Labute approximate surface area is 510 Å². The highest BCUT2D eigenvalue weighted by atomic mass is 35.5. The van der Waals surface area contributed by atoms with Crippen molar-refractivity contribution >= 4 is 82.4 Å². The lowest BCUT2D eigenvalue weighted by Crippen LogP contribution is -2.62. The third-order valence-corrected chi connectivity index (χ3v) is 16.1. The fourth-order valence-electron chi connectivity index (χ4n) is 10.4. The van der Waals surface area contributed by atoms with Crippen molar-refractivity contribution in [1.29, 1.82) is 0 Å². The van der Waals surface area contributed by atoms with Gasteiger partial charge in [0.2, 0.25) is 23.6 Å². The number of likely N-dealkylation sites (N-methyl/N-ethyl adjacent to an activating group) is 1. The van der Waals surface area contributed by atoms with Gasteiger partial charge in [0.05, 0.1) is 38.0 Å². The molecule has 8 N–H and O–H groups in total. The number of ether oxygens (including phenoxy) is 6.